The van der Waals surface area contributed by atoms with Crippen LogP contribution in [0.1, 0.15) is 12.0 Å². The van der Waals surface area contributed by atoms with Gasteiger partial charge in [-0.1, -0.05) is 41.9 Å². The lowest BCUT2D eigenvalue weighted by Crippen LogP contribution is -2.42. The van der Waals surface area contributed by atoms with Gasteiger partial charge in [-0.05, 0) is 29.8 Å². The SMILES string of the molecule is CN1O[C@H](COc2ccccc2)C[C@@]1(Cn1cncn1)c1ccc(Cl)cc1. The number of para-hydroxylation sites is 1. The van der Waals surface area contributed by atoms with Gasteiger partial charge in [0.05, 0.1) is 12.1 Å². The van der Waals surface area contributed by atoms with E-state index in [1.165, 1.54) is 0 Å². The molecule has 2 aromatic carbocycles. The van der Waals surface area contributed by atoms with Crippen LogP contribution >= 0.6 is 11.6 Å². The van der Waals surface area contributed by atoms with Gasteiger partial charge in [0, 0.05) is 18.5 Å². The molecule has 7 heteroatoms. The number of benzene rings is 2. The summed E-state index contributed by atoms with van der Waals surface area (Å²) in [5.74, 6) is 0.837. The van der Waals surface area contributed by atoms with Crippen molar-refractivity contribution in [3.63, 3.8) is 0 Å². The van der Waals surface area contributed by atoms with Crippen molar-refractivity contribution in [1.29, 1.82) is 0 Å². The molecule has 4 rings (SSSR count). The average Bonchev–Trinajstić information content (AvgIpc) is 3.30. The predicted octanol–water partition coefficient (Wildman–Crippen LogP) is 3.54. The molecule has 0 amide bonds. The van der Waals surface area contributed by atoms with Gasteiger partial charge >= 0.3 is 0 Å². The van der Waals surface area contributed by atoms with Crippen LogP contribution in [0.5, 0.6) is 5.75 Å². The summed E-state index contributed by atoms with van der Waals surface area (Å²) < 4.78 is 7.74. The molecule has 2 atom stereocenters. The Balaban J connectivity index is 1.57. The first-order valence-corrected chi connectivity index (χ1v) is 9.20. The Morgan fingerprint density at radius 1 is 1.19 bits per heavy atom. The third-order valence-electron chi connectivity index (χ3n) is 4.93. The number of ether oxygens (including phenoxy) is 1. The minimum Gasteiger partial charge on any atom is -0.491 e. The molecule has 0 saturated carbocycles. The van der Waals surface area contributed by atoms with Gasteiger partial charge in [-0.15, -0.1) is 0 Å². The number of hydrogen-bond acceptors (Lipinski definition) is 5. The van der Waals surface area contributed by atoms with E-state index in [9.17, 15) is 0 Å². The quantitative estimate of drug-likeness (QED) is 0.650. The van der Waals surface area contributed by atoms with Gasteiger partial charge < -0.3 is 4.74 Å². The summed E-state index contributed by atoms with van der Waals surface area (Å²) in [6, 6.07) is 17.7. The molecular weight excluding hydrogens is 364 g/mol. The number of nitrogens with zero attached hydrogens (tertiary/aromatic N) is 4. The van der Waals surface area contributed by atoms with E-state index >= 15 is 0 Å². The van der Waals surface area contributed by atoms with E-state index in [0.29, 0.717) is 18.2 Å². The Kier molecular flexibility index (Phi) is 5.11. The molecule has 3 aromatic rings. The number of hydroxylamine groups is 2. The van der Waals surface area contributed by atoms with Gasteiger partial charge in [-0.25, -0.2) is 4.98 Å². The van der Waals surface area contributed by atoms with Crippen molar-refractivity contribution in [2.45, 2.75) is 24.6 Å². The molecule has 0 bridgehead atoms. The van der Waals surface area contributed by atoms with Crippen molar-refractivity contribution in [2.24, 2.45) is 0 Å². The summed E-state index contributed by atoms with van der Waals surface area (Å²) in [5, 5.41) is 6.91. The van der Waals surface area contributed by atoms with E-state index in [4.69, 9.17) is 21.2 Å². The van der Waals surface area contributed by atoms with Crippen LogP contribution in [0.4, 0.5) is 0 Å². The molecule has 0 radical (unpaired) electrons. The van der Waals surface area contributed by atoms with E-state index in [0.717, 1.165) is 17.7 Å². The minimum atomic E-state index is -0.386. The highest BCUT2D eigenvalue weighted by molar-refractivity contribution is 6.30. The van der Waals surface area contributed by atoms with Gasteiger partial charge in [0.2, 0.25) is 0 Å². The number of aromatic nitrogens is 3. The van der Waals surface area contributed by atoms with Crippen LogP contribution in [0.15, 0.2) is 67.3 Å². The molecule has 2 heterocycles. The molecule has 1 aliphatic rings. The second kappa shape index (κ2) is 7.68. The summed E-state index contributed by atoms with van der Waals surface area (Å²) in [7, 11) is 1.95. The highest BCUT2D eigenvalue weighted by Crippen LogP contribution is 2.41. The van der Waals surface area contributed by atoms with E-state index in [1.807, 2.05) is 71.4 Å². The molecular formula is C20H21ClN4O2. The topological polar surface area (TPSA) is 52.4 Å². The van der Waals surface area contributed by atoms with Crippen LogP contribution in [0.3, 0.4) is 0 Å². The second-order valence-electron chi connectivity index (χ2n) is 6.68. The van der Waals surface area contributed by atoms with Gasteiger partial charge in [-0.3, -0.25) is 9.52 Å². The van der Waals surface area contributed by atoms with Gasteiger partial charge in [0.25, 0.3) is 0 Å². The molecule has 1 saturated heterocycles. The normalized spacial score (nSPS) is 22.8. The first kappa shape index (κ1) is 18.0. The van der Waals surface area contributed by atoms with Crippen molar-refractivity contribution >= 4 is 11.6 Å². The maximum absolute atomic E-state index is 6.15. The average molecular weight is 385 g/mol. The molecule has 1 aromatic heterocycles. The van der Waals surface area contributed by atoms with E-state index in [2.05, 4.69) is 10.1 Å². The predicted molar refractivity (Wildman–Crippen MR) is 102 cm³/mol. The Hall–Kier alpha value is -2.41. The molecule has 140 valence electrons. The summed E-state index contributed by atoms with van der Waals surface area (Å²) >= 11 is 6.10. The van der Waals surface area contributed by atoms with Gasteiger partial charge in [0.1, 0.15) is 31.1 Å². The Morgan fingerprint density at radius 2 is 1.96 bits per heavy atom. The van der Waals surface area contributed by atoms with Crippen LogP contribution in [-0.2, 0) is 16.9 Å². The first-order valence-electron chi connectivity index (χ1n) is 8.83. The third-order valence-corrected chi connectivity index (χ3v) is 5.18. The fourth-order valence-electron chi connectivity index (χ4n) is 3.56. The Bertz CT molecular complexity index is 857. The molecule has 6 nitrogen and oxygen atoms in total. The molecule has 0 unspecified atom stereocenters. The van der Waals surface area contributed by atoms with Crippen LogP contribution < -0.4 is 4.74 Å². The largest absolute Gasteiger partial charge is 0.491 e. The lowest BCUT2D eigenvalue weighted by Gasteiger charge is -2.34. The van der Waals surface area contributed by atoms with Crippen molar-refractivity contribution < 1.29 is 9.57 Å². The van der Waals surface area contributed by atoms with Crippen LogP contribution in [-0.4, -0.2) is 39.6 Å². The molecule has 27 heavy (non-hydrogen) atoms. The molecule has 0 N–H and O–H groups in total. The number of hydrogen-bond donors (Lipinski definition) is 0. The summed E-state index contributed by atoms with van der Waals surface area (Å²) in [6.07, 6.45) is 3.95. The van der Waals surface area contributed by atoms with Crippen molar-refractivity contribution in [1.82, 2.24) is 19.8 Å². The molecule has 1 fully saturated rings. The summed E-state index contributed by atoms with van der Waals surface area (Å²) in [5.41, 5.74) is 0.732. The minimum absolute atomic E-state index is 0.0746. The lowest BCUT2D eigenvalue weighted by atomic mass is 9.85. The number of halogens is 1. The molecule has 1 aliphatic heterocycles. The highest BCUT2D eigenvalue weighted by Gasteiger charge is 2.47. The second-order valence-corrected chi connectivity index (χ2v) is 7.12. The van der Waals surface area contributed by atoms with Crippen molar-refractivity contribution in [2.75, 3.05) is 13.7 Å². The number of likely N-dealkylation sites (N-methyl/N-ethyl adjacent to an activating group) is 1. The summed E-state index contributed by atoms with van der Waals surface area (Å²) in [4.78, 5) is 10.2. The lowest BCUT2D eigenvalue weighted by molar-refractivity contribution is -0.180. The molecule has 0 aliphatic carbocycles. The Labute approximate surface area is 163 Å². The zero-order chi connectivity index (χ0) is 18.7. The third kappa shape index (κ3) is 3.83. The number of rotatable bonds is 6. The van der Waals surface area contributed by atoms with Crippen LogP contribution in [0.25, 0.3) is 0 Å². The maximum atomic E-state index is 6.15. The van der Waals surface area contributed by atoms with Crippen molar-refractivity contribution in [3.8, 4) is 5.75 Å². The van der Waals surface area contributed by atoms with Crippen LogP contribution in [0, 0.1) is 0 Å². The maximum Gasteiger partial charge on any atom is 0.137 e. The standard InChI is InChI=1S/C20H21ClN4O2/c1-24-20(13-25-15-22-14-23-25,16-7-9-17(21)10-8-16)11-19(27-24)12-26-18-5-3-2-4-6-18/h2-10,14-15,19H,11-13H2,1H3/t19-,20+/m0/s1. The van der Waals surface area contributed by atoms with E-state index in [1.54, 1.807) is 12.7 Å². The smallest absolute Gasteiger partial charge is 0.137 e. The van der Waals surface area contributed by atoms with Crippen molar-refractivity contribution in [3.05, 3.63) is 77.8 Å². The monoisotopic (exact) mass is 384 g/mol. The summed E-state index contributed by atoms with van der Waals surface area (Å²) in [6.45, 7) is 1.09. The first-order chi connectivity index (χ1) is 13.2. The van der Waals surface area contributed by atoms with Gasteiger partial charge in [0.15, 0.2) is 0 Å². The van der Waals surface area contributed by atoms with Gasteiger partial charge in [-0.2, -0.15) is 10.2 Å². The van der Waals surface area contributed by atoms with E-state index < -0.39 is 0 Å². The highest BCUT2D eigenvalue weighted by atomic mass is 35.5. The van der Waals surface area contributed by atoms with E-state index in [-0.39, 0.29) is 11.6 Å². The fraction of sp³-hybridized carbons (Fsp3) is 0.300. The Morgan fingerprint density at radius 3 is 2.67 bits per heavy atom. The molecule has 0 spiro atoms. The zero-order valence-electron chi connectivity index (χ0n) is 15.0. The van der Waals surface area contributed by atoms with Crippen LogP contribution in [0.2, 0.25) is 5.02 Å². The fourth-order valence-corrected chi connectivity index (χ4v) is 3.69. The zero-order valence-corrected chi connectivity index (χ0v) is 15.8.